The van der Waals surface area contributed by atoms with Gasteiger partial charge in [0.25, 0.3) is 5.56 Å². The van der Waals surface area contributed by atoms with E-state index in [9.17, 15) is 9.59 Å². The van der Waals surface area contributed by atoms with Crippen LogP contribution in [-0.2, 0) is 0 Å². The van der Waals surface area contributed by atoms with E-state index in [0.29, 0.717) is 22.6 Å². The van der Waals surface area contributed by atoms with Crippen molar-refractivity contribution < 1.29 is 4.79 Å². The first-order chi connectivity index (χ1) is 13.4. The van der Waals surface area contributed by atoms with E-state index in [0.717, 1.165) is 5.56 Å². The van der Waals surface area contributed by atoms with Crippen LogP contribution in [-0.4, -0.2) is 15.4 Å². The lowest BCUT2D eigenvalue weighted by molar-refractivity contribution is 0.100. The van der Waals surface area contributed by atoms with Gasteiger partial charge in [0.05, 0.1) is 17.3 Å². The molecule has 3 aromatic rings. The number of hydrogen-bond acceptors (Lipinski definition) is 5. The van der Waals surface area contributed by atoms with E-state index < -0.39 is 0 Å². The molecule has 3 rings (SSSR count). The van der Waals surface area contributed by atoms with E-state index in [2.05, 4.69) is 16.5 Å². The van der Waals surface area contributed by atoms with E-state index in [4.69, 9.17) is 5.26 Å². The van der Waals surface area contributed by atoms with Gasteiger partial charge in [-0.1, -0.05) is 50.2 Å². The van der Waals surface area contributed by atoms with Crippen molar-refractivity contribution in [1.82, 2.24) is 9.66 Å². The molecule has 0 aliphatic rings. The van der Waals surface area contributed by atoms with Gasteiger partial charge in [-0.15, -0.1) is 0 Å². The molecule has 1 heterocycles. The maximum atomic E-state index is 13.1. The Morgan fingerprint density at radius 2 is 1.86 bits per heavy atom. The normalized spacial score (nSPS) is 10.5. The number of nitrogens with zero attached hydrogens (tertiary/aromatic N) is 3. The number of aromatic nitrogens is 2. The monoisotopic (exact) mass is 372 g/mol. The smallest absolute Gasteiger partial charge is 0.291 e. The van der Waals surface area contributed by atoms with Crippen LogP contribution in [0.15, 0.2) is 59.4 Å². The molecule has 0 amide bonds. The fourth-order valence-electron chi connectivity index (χ4n) is 2.93. The van der Waals surface area contributed by atoms with Crippen LogP contribution in [0.3, 0.4) is 0 Å². The molecule has 0 saturated heterocycles. The fraction of sp³-hybridized carbons (Fsp3) is 0.182. The summed E-state index contributed by atoms with van der Waals surface area (Å²) in [5, 5.41) is 9.12. The minimum atomic E-state index is -0.387. The molecule has 0 aliphatic carbocycles. The molecule has 0 unspecified atom stereocenters. The Morgan fingerprint density at radius 1 is 1.14 bits per heavy atom. The second kappa shape index (κ2) is 7.89. The second-order valence-corrected chi connectivity index (χ2v) is 6.72. The summed E-state index contributed by atoms with van der Waals surface area (Å²) in [4.78, 5) is 30.2. The van der Waals surface area contributed by atoms with Gasteiger partial charge in [-0.2, -0.15) is 5.26 Å². The van der Waals surface area contributed by atoms with E-state index >= 15 is 0 Å². The van der Waals surface area contributed by atoms with Crippen LogP contribution >= 0.6 is 0 Å². The Hall–Kier alpha value is -3.72. The van der Waals surface area contributed by atoms with Gasteiger partial charge in [-0.25, -0.2) is 9.66 Å². The number of anilines is 1. The predicted molar refractivity (Wildman–Crippen MR) is 108 cm³/mol. The zero-order chi connectivity index (χ0) is 20.3. The van der Waals surface area contributed by atoms with Gasteiger partial charge < -0.3 is 0 Å². The molecule has 0 atom stereocenters. The summed E-state index contributed by atoms with van der Waals surface area (Å²) in [5.41, 5.74) is 5.30. The van der Waals surface area contributed by atoms with E-state index in [-0.39, 0.29) is 23.0 Å². The predicted octanol–water partition coefficient (Wildman–Crippen LogP) is 3.98. The molecule has 6 nitrogen and oxygen atoms in total. The highest BCUT2D eigenvalue weighted by Crippen LogP contribution is 2.23. The van der Waals surface area contributed by atoms with Crippen molar-refractivity contribution >= 4 is 11.5 Å². The molecule has 1 N–H and O–H groups in total. The molecule has 28 heavy (non-hydrogen) atoms. The fourth-order valence-corrected chi connectivity index (χ4v) is 2.93. The third-order valence-electron chi connectivity index (χ3n) is 4.26. The molecule has 1 aromatic heterocycles. The van der Waals surface area contributed by atoms with Crippen molar-refractivity contribution in [2.24, 2.45) is 0 Å². The van der Waals surface area contributed by atoms with Crippen molar-refractivity contribution in [2.45, 2.75) is 26.7 Å². The van der Waals surface area contributed by atoms with E-state index in [1.165, 1.54) is 11.6 Å². The van der Waals surface area contributed by atoms with Crippen LogP contribution in [0.4, 0.5) is 5.69 Å². The van der Waals surface area contributed by atoms with Gasteiger partial charge in [0.2, 0.25) is 0 Å². The van der Waals surface area contributed by atoms with E-state index in [1.807, 2.05) is 44.2 Å². The average molecular weight is 372 g/mol. The number of carbonyl (C=O) groups is 1. The molecule has 0 saturated carbocycles. The van der Waals surface area contributed by atoms with Crippen LogP contribution in [0.5, 0.6) is 0 Å². The van der Waals surface area contributed by atoms with E-state index in [1.54, 1.807) is 24.3 Å². The lowest BCUT2D eigenvalue weighted by Gasteiger charge is -2.19. The van der Waals surface area contributed by atoms with Gasteiger partial charge in [-0.05, 0) is 18.2 Å². The largest absolute Gasteiger partial charge is 0.293 e. The summed E-state index contributed by atoms with van der Waals surface area (Å²) in [6, 6.07) is 18.1. The molecule has 0 fully saturated rings. The number of benzene rings is 2. The van der Waals surface area contributed by atoms with Crippen LogP contribution in [0.1, 0.15) is 48.4 Å². The van der Waals surface area contributed by atoms with Crippen molar-refractivity contribution in [2.75, 3.05) is 5.43 Å². The van der Waals surface area contributed by atoms with Gasteiger partial charge in [0, 0.05) is 18.4 Å². The highest BCUT2D eigenvalue weighted by molar-refractivity contribution is 5.98. The van der Waals surface area contributed by atoms with Crippen LogP contribution in [0, 0.1) is 11.3 Å². The maximum absolute atomic E-state index is 13.1. The Kier molecular flexibility index (Phi) is 5.37. The number of ketones is 1. The molecule has 0 spiro atoms. The first-order valence-corrected chi connectivity index (χ1v) is 8.93. The number of nitrogens with one attached hydrogen (secondary N) is 1. The lowest BCUT2D eigenvalue weighted by atomic mass is 10.1. The number of nitriles is 1. The maximum Gasteiger partial charge on any atom is 0.291 e. The second-order valence-electron chi connectivity index (χ2n) is 6.72. The van der Waals surface area contributed by atoms with Crippen molar-refractivity contribution in [1.29, 1.82) is 5.26 Å². The topological polar surface area (TPSA) is 87.8 Å². The Labute approximate surface area is 163 Å². The molecular formula is C22H20N4O2. The summed E-state index contributed by atoms with van der Waals surface area (Å²) in [6.07, 6.45) is 0. The molecule has 0 radical (unpaired) electrons. The Morgan fingerprint density at radius 3 is 2.46 bits per heavy atom. The summed E-state index contributed by atoms with van der Waals surface area (Å²) < 4.78 is 1.24. The Bertz CT molecular complexity index is 1130. The number of Topliss-reactive ketones (excluding diaryl/α,β-unsaturated/α-hetero) is 1. The third kappa shape index (κ3) is 3.69. The summed E-state index contributed by atoms with van der Waals surface area (Å²) in [5.74, 6) is -0.419. The highest BCUT2D eigenvalue weighted by atomic mass is 16.1. The first-order valence-electron chi connectivity index (χ1n) is 8.93. The standard InChI is InChI=1S/C22H20N4O2/c1-14(2)19-22(28)26(25-18-11-7-8-16(12-18)13-23)21(15(3)27)20(24-19)17-9-5-4-6-10-17/h4-12,14,25H,1-3H3. The minimum absolute atomic E-state index is 0.130. The summed E-state index contributed by atoms with van der Waals surface area (Å²) >= 11 is 0. The Balaban J connectivity index is 2.30. The van der Waals surface area contributed by atoms with Gasteiger partial charge >= 0.3 is 0 Å². The summed E-state index contributed by atoms with van der Waals surface area (Å²) in [7, 11) is 0. The molecule has 6 heteroatoms. The molecule has 2 aromatic carbocycles. The third-order valence-corrected chi connectivity index (χ3v) is 4.26. The van der Waals surface area contributed by atoms with Gasteiger partial charge in [-0.3, -0.25) is 15.0 Å². The average Bonchev–Trinajstić information content (AvgIpc) is 2.69. The van der Waals surface area contributed by atoms with Crippen LogP contribution < -0.4 is 11.0 Å². The minimum Gasteiger partial charge on any atom is -0.293 e. The lowest BCUT2D eigenvalue weighted by Crippen LogP contribution is -2.35. The van der Waals surface area contributed by atoms with Gasteiger partial charge in [0.15, 0.2) is 5.78 Å². The highest BCUT2D eigenvalue weighted by Gasteiger charge is 2.22. The zero-order valence-electron chi connectivity index (χ0n) is 15.9. The number of hydrogen-bond donors (Lipinski definition) is 1. The molecule has 0 bridgehead atoms. The quantitative estimate of drug-likeness (QED) is 0.684. The SMILES string of the molecule is CC(=O)c1c(-c2ccccc2)nc(C(C)C)c(=O)n1Nc1cccc(C#N)c1. The van der Waals surface area contributed by atoms with Crippen LogP contribution in [0.2, 0.25) is 0 Å². The first kappa shape index (κ1) is 19.1. The zero-order valence-corrected chi connectivity index (χ0v) is 15.9. The van der Waals surface area contributed by atoms with Crippen molar-refractivity contribution in [3.8, 4) is 17.3 Å². The van der Waals surface area contributed by atoms with Gasteiger partial charge in [0.1, 0.15) is 17.1 Å². The van der Waals surface area contributed by atoms with Crippen LogP contribution in [0.25, 0.3) is 11.3 Å². The molecular weight excluding hydrogens is 352 g/mol. The van der Waals surface area contributed by atoms with Crippen molar-refractivity contribution in [3.05, 3.63) is 81.9 Å². The molecule has 140 valence electrons. The molecule has 0 aliphatic heterocycles. The number of carbonyl (C=O) groups excluding carboxylic acids is 1. The summed E-state index contributed by atoms with van der Waals surface area (Å²) in [6.45, 7) is 5.17. The number of rotatable bonds is 5. The van der Waals surface area contributed by atoms with Crippen molar-refractivity contribution in [3.63, 3.8) is 0 Å².